The zero-order valence-electron chi connectivity index (χ0n) is 24.3. The number of amides is 3. The average Bonchev–Trinajstić information content (AvgIpc) is 3.37. The maximum atomic E-state index is 13.9. The molecule has 1 heterocycles. The predicted octanol–water partition coefficient (Wildman–Crippen LogP) is 7.01. The van der Waals surface area contributed by atoms with Gasteiger partial charge in [0.2, 0.25) is 5.91 Å². The van der Waals surface area contributed by atoms with Crippen LogP contribution in [0.25, 0.3) is 0 Å². The van der Waals surface area contributed by atoms with Crippen LogP contribution in [0.2, 0.25) is 0 Å². The van der Waals surface area contributed by atoms with Crippen LogP contribution in [0, 0.1) is 25.6 Å². The van der Waals surface area contributed by atoms with Crippen molar-refractivity contribution >= 4 is 17.6 Å². The maximum Gasteiger partial charge on any atom is 0.322 e. The third-order valence-corrected chi connectivity index (χ3v) is 6.93. The van der Waals surface area contributed by atoms with Gasteiger partial charge in [-0.2, -0.15) is 0 Å². The zero-order chi connectivity index (χ0) is 29.4. The fourth-order valence-corrected chi connectivity index (χ4v) is 4.84. The highest BCUT2D eigenvalue weighted by atomic mass is 19.1. The second kappa shape index (κ2) is 13.8. The molecule has 0 saturated carbocycles. The Morgan fingerprint density at radius 3 is 2.27 bits per heavy atom. The summed E-state index contributed by atoms with van der Waals surface area (Å²) < 4.78 is 15.5. The van der Waals surface area contributed by atoms with Gasteiger partial charge in [-0.15, -0.1) is 0 Å². The van der Waals surface area contributed by atoms with Crippen LogP contribution in [0.3, 0.4) is 0 Å². The molecule has 0 aliphatic heterocycles. The lowest BCUT2D eigenvalue weighted by atomic mass is 10.1. The van der Waals surface area contributed by atoms with E-state index in [0.29, 0.717) is 26.2 Å². The molecule has 7 heteroatoms. The third kappa shape index (κ3) is 8.55. The molecule has 6 nitrogen and oxygen atoms in total. The van der Waals surface area contributed by atoms with E-state index in [9.17, 15) is 14.0 Å². The summed E-state index contributed by atoms with van der Waals surface area (Å²) in [4.78, 5) is 30.7. The Morgan fingerprint density at radius 2 is 1.59 bits per heavy atom. The first kappa shape index (κ1) is 29.6. The van der Waals surface area contributed by atoms with Gasteiger partial charge < -0.3 is 19.7 Å². The Balaban J connectivity index is 1.54. The van der Waals surface area contributed by atoms with Crippen molar-refractivity contribution in [3.05, 3.63) is 125 Å². The number of hydrogen-bond donors (Lipinski definition) is 1. The van der Waals surface area contributed by atoms with Crippen LogP contribution < -0.4 is 5.32 Å². The Kier molecular flexibility index (Phi) is 9.95. The molecule has 0 aliphatic rings. The SMILES string of the molecule is Cc1ccc(NC(=O)N(CC(=O)N(Cc2ccccc2)Cc2cccn2Cc2ccc(F)cc2)CC(C)C)c(C)c1. The van der Waals surface area contributed by atoms with Crippen molar-refractivity contribution < 1.29 is 14.0 Å². The average molecular weight is 555 g/mol. The second-order valence-electron chi connectivity index (χ2n) is 11.0. The number of carbonyl (C=O) groups is 2. The minimum atomic E-state index is -0.293. The molecule has 41 heavy (non-hydrogen) atoms. The Bertz CT molecular complexity index is 1450. The lowest BCUT2D eigenvalue weighted by Crippen LogP contribution is -2.45. The maximum absolute atomic E-state index is 13.9. The molecule has 0 saturated heterocycles. The Morgan fingerprint density at radius 1 is 0.854 bits per heavy atom. The molecule has 3 aromatic carbocycles. The number of halogens is 1. The third-order valence-electron chi connectivity index (χ3n) is 6.93. The molecule has 0 aliphatic carbocycles. The van der Waals surface area contributed by atoms with Gasteiger partial charge >= 0.3 is 6.03 Å². The van der Waals surface area contributed by atoms with Gasteiger partial charge in [-0.3, -0.25) is 4.79 Å². The number of hydrogen-bond acceptors (Lipinski definition) is 2. The Hall–Kier alpha value is -4.39. The van der Waals surface area contributed by atoms with Crippen molar-refractivity contribution in [2.45, 2.75) is 47.3 Å². The van der Waals surface area contributed by atoms with Crippen LogP contribution in [0.5, 0.6) is 0 Å². The number of rotatable bonds is 11. The largest absolute Gasteiger partial charge is 0.345 e. The van der Waals surface area contributed by atoms with E-state index in [1.807, 2.05) is 94.6 Å². The van der Waals surface area contributed by atoms with E-state index < -0.39 is 0 Å². The normalized spacial score (nSPS) is 11.0. The van der Waals surface area contributed by atoms with Crippen LogP contribution in [0.4, 0.5) is 14.9 Å². The van der Waals surface area contributed by atoms with Gasteiger partial charge in [-0.05, 0) is 66.8 Å². The molecule has 214 valence electrons. The van der Waals surface area contributed by atoms with Crippen molar-refractivity contribution in [2.75, 3.05) is 18.4 Å². The lowest BCUT2D eigenvalue weighted by molar-refractivity contribution is -0.133. The number of carbonyl (C=O) groups excluding carboxylic acids is 2. The predicted molar refractivity (Wildman–Crippen MR) is 162 cm³/mol. The van der Waals surface area contributed by atoms with Crippen LogP contribution in [0.1, 0.15) is 41.8 Å². The van der Waals surface area contributed by atoms with Gasteiger partial charge in [0.15, 0.2) is 0 Å². The number of anilines is 1. The number of aryl methyl sites for hydroxylation is 2. The molecule has 1 N–H and O–H groups in total. The summed E-state index contributed by atoms with van der Waals surface area (Å²) in [5.74, 6) is -0.225. The first-order valence-electron chi connectivity index (χ1n) is 14.0. The summed E-state index contributed by atoms with van der Waals surface area (Å²) in [7, 11) is 0. The number of nitrogens with zero attached hydrogens (tertiary/aromatic N) is 3. The van der Waals surface area contributed by atoms with Gasteiger partial charge in [-0.25, -0.2) is 9.18 Å². The molecule has 0 unspecified atom stereocenters. The van der Waals surface area contributed by atoms with Crippen LogP contribution in [-0.2, 0) is 24.4 Å². The molecule has 4 rings (SSSR count). The summed E-state index contributed by atoms with van der Waals surface area (Å²) in [6, 6.07) is 25.8. The molecule has 0 fully saturated rings. The van der Waals surface area contributed by atoms with Crippen LogP contribution in [-0.4, -0.2) is 39.4 Å². The number of urea groups is 1. The van der Waals surface area contributed by atoms with Gasteiger partial charge in [0.1, 0.15) is 12.4 Å². The zero-order valence-corrected chi connectivity index (χ0v) is 24.3. The standard InChI is InChI=1S/C34H39FN4O2/c1-25(2)20-39(34(41)36-32-17-12-26(3)19-27(32)4)24-33(40)38(22-28-9-6-5-7-10-28)23-31-11-8-18-37(31)21-29-13-15-30(35)16-14-29/h5-19,25H,20-24H2,1-4H3,(H,36,41). The van der Waals surface area contributed by atoms with Gasteiger partial charge in [0.25, 0.3) is 0 Å². The van der Waals surface area contributed by atoms with E-state index in [1.54, 1.807) is 21.9 Å². The van der Waals surface area contributed by atoms with Crippen LogP contribution in [0.15, 0.2) is 91.1 Å². The topological polar surface area (TPSA) is 57.6 Å². The summed E-state index contributed by atoms with van der Waals surface area (Å²) >= 11 is 0. The van der Waals surface area contributed by atoms with Gasteiger partial charge in [-0.1, -0.05) is 74.0 Å². The van der Waals surface area contributed by atoms with E-state index in [-0.39, 0.29) is 30.2 Å². The summed E-state index contributed by atoms with van der Waals surface area (Å²) in [6.45, 7) is 9.80. The lowest BCUT2D eigenvalue weighted by Gasteiger charge is -2.29. The summed E-state index contributed by atoms with van der Waals surface area (Å²) in [6.07, 6.45) is 1.96. The summed E-state index contributed by atoms with van der Waals surface area (Å²) in [5.41, 5.74) is 5.76. The fourth-order valence-electron chi connectivity index (χ4n) is 4.84. The van der Waals surface area contributed by atoms with E-state index in [0.717, 1.165) is 33.6 Å². The van der Waals surface area contributed by atoms with Crippen molar-refractivity contribution in [3.8, 4) is 0 Å². The van der Waals surface area contributed by atoms with Gasteiger partial charge in [0, 0.05) is 37.2 Å². The molecule has 0 spiro atoms. The first-order valence-corrected chi connectivity index (χ1v) is 14.0. The highest BCUT2D eigenvalue weighted by Gasteiger charge is 2.24. The van der Waals surface area contributed by atoms with Crippen molar-refractivity contribution in [3.63, 3.8) is 0 Å². The molecular formula is C34H39FN4O2. The molecule has 0 atom stereocenters. The molecular weight excluding hydrogens is 515 g/mol. The minimum absolute atomic E-state index is 0.0412. The molecule has 4 aromatic rings. The van der Waals surface area contributed by atoms with Crippen LogP contribution >= 0.6 is 0 Å². The van der Waals surface area contributed by atoms with E-state index >= 15 is 0 Å². The number of nitrogens with one attached hydrogen (secondary N) is 1. The van der Waals surface area contributed by atoms with Gasteiger partial charge in [0.05, 0.1) is 6.54 Å². The molecule has 3 amide bonds. The second-order valence-corrected chi connectivity index (χ2v) is 11.0. The monoisotopic (exact) mass is 554 g/mol. The smallest absolute Gasteiger partial charge is 0.322 e. The highest BCUT2D eigenvalue weighted by molar-refractivity contribution is 5.93. The van der Waals surface area contributed by atoms with Crippen molar-refractivity contribution in [1.29, 1.82) is 0 Å². The fraction of sp³-hybridized carbons (Fsp3) is 0.294. The van der Waals surface area contributed by atoms with Crippen molar-refractivity contribution in [1.82, 2.24) is 14.4 Å². The van der Waals surface area contributed by atoms with E-state index in [4.69, 9.17) is 0 Å². The Labute approximate surface area is 242 Å². The quantitative estimate of drug-likeness (QED) is 0.217. The van der Waals surface area contributed by atoms with Crippen molar-refractivity contribution in [2.24, 2.45) is 5.92 Å². The minimum Gasteiger partial charge on any atom is -0.345 e. The van der Waals surface area contributed by atoms with E-state index in [1.165, 1.54) is 12.1 Å². The number of benzene rings is 3. The first-order chi connectivity index (χ1) is 19.7. The number of aromatic nitrogens is 1. The molecule has 1 aromatic heterocycles. The summed E-state index contributed by atoms with van der Waals surface area (Å²) in [5, 5.41) is 3.01. The molecule has 0 bridgehead atoms. The van der Waals surface area contributed by atoms with E-state index in [2.05, 4.69) is 9.88 Å². The highest BCUT2D eigenvalue weighted by Crippen LogP contribution is 2.18. The molecule has 0 radical (unpaired) electrons.